The number of carboxylic acid groups (broad SMARTS) is 1. The van der Waals surface area contributed by atoms with E-state index in [0.717, 1.165) is 18.4 Å². The Morgan fingerprint density at radius 2 is 1.60 bits per heavy atom. The van der Waals surface area contributed by atoms with Gasteiger partial charge in [-0.05, 0) is 95.7 Å². The first kappa shape index (κ1) is 20.9. The average Bonchev–Trinajstić information content (AvgIpc) is 3.14. The molecule has 0 bridgehead atoms. The molecular weight excluding hydrogens is 368 g/mol. The number of carbonyl (C=O) groups is 1. The minimum atomic E-state index is -0.871. The zero-order valence-electron chi connectivity index (χ0n) is 19.0. The van der Waals surface area contributed by atoms with E-state index in [-0.39, 0.29) is 10.8 Å². The SMILES string of the molecule is Cc1cc2c(cc1C1CC/C(=C\c3ccc(C(=O)O)cc3)C1)C(C)(C)CCC2(C)C. The highest BCUT2D eigenvalue weighted by Crippen LogP contribution is 2.49. The highest BCUT2D eigenvalue weighted by atomic mass is 16.4. The standard InChI is InChI=1S/C28H34O2/c1-18-14-24-25(28(4,5)13-12-27(24,2)3)17-23(18)22-11-8-20(16-22)15-19-6-9-21(10-7-19)26(29)30/h6-7,9-10,14-15,17,22H,8,11-13,16H2,1-5H3,(H,29,30)/b20-15+. The van der Waals surface area contributed by atoms with Crippen molar-refractivity contribution in [2.75, 3.05) is 0 Å². The summed E-state index contributed by atoms with van der Waals surface area (Å²) >= 11 is 0. The van der Waals surface area contributed by atoms with Gasteiger partial charge in [0.1, 0.15) is 0 Å². The molecule has 1 atom stereocenters. The molecule has 2 heteroatoms. The number of aromatic carboxylic acids is 1. The van der Waals surface area contributed by atoms with Gasteiger partial charge in [-0.3, -0.25) is 0 Å². The summed E-state index contributed by atoms with van der Waals surface area (Å²) in [6.45, 7) is 11.9. The average molecular weight is 403 g/mol. The third-order valence-corrected chi connectivity index (χ3v) is 7.53. The van der Waals surface area contributed by atoms with Gasteiger partial charge in [-0.15, -0.1) is 0 Å². The van der Waals surface area contributed by atoms with E-state index in [2.05, 4.69) is 52.8 Å². The molecule has 0 spiro atoms. The van der Waals surface area contributed by atoms with Crippen molar-refractivity contribution in [2.45, 2.75) is 83.5 Å². The lowest BCUT2D eigenvalue weighted by atomic mass is 9.62. The lowest BCUT2D eigenvalue weighted by Gasteiger charge is -2.42. The molecule has 0 amide bonds. The molecule has 2 aliphatic rings. The van der Waals surface area contributed by atoms with Crippen LogP contribution < -0.4 is 0 Å². The van der Waals surface area contributed by atoms with Crippen LogP contribution in [-0.4, -0.2) is 11.1 Å². The summed E-state index contributed by atoms with van der Waals surface area (Å²) in [6, 6.07) is 12.2. The van der Waals surface area contributed by atoms with Crippen LogP contribution in [0.25, 0.3) is 6.08 Å². The molecule has 1 N–H and O–H groups in total. The topological polar surface area (TPSA) is 37.3 Å². The van der Waals surface area contributed by atoms with Crippen LogP contribution in [0.15, 0.2) is 42.0 Å². The quantitative estimate of drug-likeness (QED) is 0.581. The molecule has 1 unspecified atom stereocenters. The van der Waals surface area contributed by atoms with Gasteiger partial charge in [0, 0.05) is 0 Å². The zero-order chi connectivity index (χ0) is 21.7. The molecule has 0 aromatic heterocycles. The minimum absolute atomic E-state index is 0.246. The van der Waals surface area contributed by atoms with Gasteiger partial charge >= 0.3 is 5.97 Å². The van der Waals surface area contributed by atoms with Gasteiger partial charge in [0.2, 0.25) is 0 Å². The monoisotopic (exact) mass is 402 g/mol. The van der Waals surface area contributed by atoms with Crippen LogP contribution >= 0.6 is 0 Å². The van der Waals surface area contributed by atoms with Crippen LogP contribution in [0.1, 0.15) is 104 Å². The number of fused-ring (bicyclic) bond motifs is 1. The van der Waals surface area contributed by atoms with Crippen molar-refractivity contribution in [2.24, 2.45) is 0 Å². The molecule has 0 saturated heterocycles. The van der Waals surface area contributed by atoms with Crippen LogP contribution in [0.4, 0.5) is 0 Å². The van der Waals surface area contributed by atoms with Crippen LogP contribution in [0.2, 0.25) is 0 Å². The number of hydrogen-bond donors (Lipinski definition) is 1. The summed E-state index contributed by atoms with van der Waals surface area (Å²) in [7, 11) is 0. The predicted octanol–water partition coefficient (Wildman–Crippen LogP) is 7.39. The second-order valence-electron chi connectivity index (χ2n) is 10.7. The van der Waals surface area contributed by atoms with Crippen molar-refractivity contribution in [3.63, 3.8) is 0 Å². The van der Waals surface area contributed by atoms with Gasteiger partial charge in [-0.2, -0.15) is 0 Å². The van der Waals surface area contributed by atoms with E-state index in [1.54, 1.807) is 23.3 Å². The van der Waals surface area contributed by atoms with Gasteiger partial charge in [0.25, 0.3) is 0 Å². The van der Waals surface area contributed by atoms with Gasteiger partial charge in [0.05, 0.1) is 5.56 Å². The van der Waals surface area contributed by atoms with E-state index in [1.807, 2.05) is 12.1 Å². The minimum Gasteiger partial charge on any atom is -0.478 e. The maximum Gasteiger partial charge on any atom is 0.335 e. The Hall–Kier alpha value is -2.35. The predicted molar refractivity (Wildman–Crippen MR) is 124 cm³/mol. The Morgan fingerprint density at radius 1 is 1.00 bits per heavy atom. The molecule has 0 heterocycles. The molecule has 0 radical (unpaired) electrons. The van der Waals surface area contributed by atoms with Crippen molar-refractivity contribution < 1.29 is 9.90 Å². The number of carboxylic acids is 1. The largest absolute Gasteiger partial charge is 0.478 e. The maximum absolute atomic E-state index is 11.1. The van der Waals surface area contributed by atoms with Gasteiger partial charge in [-0.25, -0.2) is 4.79 Å². The first-order valence-corrected chi connectivity index (χ1v) is 11.3. The van der Waals surface area contributed by atoms with Crippen LogP contribution in [0.5, 0.6) is 0 Å². The lowest BCUT2D eigenvalue weighted by molar-refractivity contribution is 0.0697. The summed E-state index contributed by atoms with van der Waals surface area (Å²) in [5.41, 5.74) is 9.50. The Balaban J connectivity index is 1.61. The van der Waals surface area contributed by atoms with Crippen molar-refractivity contribution in [3.8, 4) is 0 Å². The number of benzene rings is 2. The number of allylic oxidation sites excluding steroid dienone is 1. The molecule has 0 aliphatic heterocycles. The third kappa shape index (κ3) is 3.85. The van der Waals surface area contributed by atoms with E-state index in [0.29, 0.717) is 11.5 Å². The summed E-state index contributed by atoms with van der Waals surface area (Å²) in [4.78, 5) is 11.1. The molecule has 2 nitrogen and oxygen atoms in total. The highest BCUT2D eigenvalue weighted by Gasteiger charge is 2.38. The fourth-order valence-electron chi connectivity index (χ4n) is 5.41. The first-order chi connectivity index (χ1) is 14.1. The summed E-state index contributed by atoms with van der Waals surface area (Å²) in [5, 5.41) is 9.08. The maximum atomic E-state index is 11.1. The van der Waals surface area contributed by atoms with Gasteiger partial charge in [0.15, 0.2) is 0 Å². The summed E-state index contributed by atoms with van der Waals surface area (Å²) < 4.78 is 0. The number of aryl methyl sites for hydroxylation is 1. The Labute approximate surface area is 181 Å². The van der Waals surface area contributed by atoms with Crippen molar-refractivity contribution in [1.82, 2.24) is 0 Å². The Bertz CT molecular complexity index is 1010. The third-order valence-electron chi connectivity index (χ3n) is 7.53. The number of hydrogen-bond acceptors (Lipinski definition) is 1. The van der Waals surface area contributed by atoms with Crippen LogP contribution in [-0.2, 0) is 10.8 Å². The van der Waals surface area contributed by atoms with Crippen LogP contribution in [0, 0.1) is 6.92 Å². The molecule has 30 heavy (non-hydrogen) atoms. The fraction of sp³-hybridized carbons (Fsp3) is 0.464. The van der Waals surface area contributed by atoms with E-state index in [1.165, 1.54) is 36.0 Å². The molecule has 1 saturated carbocycles. The van der Waals surface area contributed by atoms with Crippen molar-refractivity contribution >= 4 is 12.0 Å². The van der Waals surface area contributed by atoms with Crippen molar-refractivity contribution in [1.29, 1.82) is 0 Å². The summed E-state index contributed by atoms with van der Waals surface area (Å²) in [5.74, 6) is -0.287. The molecule has 4 rings (SSSR count). The van der Waals surface area contributed by atoms with Gasteiger partial charge in [-0.1, -0.05) is 63.6 Å². The molecular formula is C28H34O2. The number of rotatable bonds is 3. The highest BCUT2D eigenvalue weighted by molar-refractivity contribution is 5.87. The summed E-state index contributed by atoms with van der Waals surface area (Å²) in [6.07, 6.45) is 8.18. The molecule has 2 aliphatic carbocycles. The van der Waals surface area contributed by atoms with E-state index in [4.69, 9.17) is 5.11 Å². The normalized spacial score (nSPS) is 23.4. The van der Waals surface area contributed by atoms with E-state index in [9.17, 15) is 4.79 Å². The molecule has 2 aromatic carbocycles. The van der Waals surface area contributed by atoms with E-state index < -0.39 is 5.97 Å². The zero-order valence-corrected chi connectivity index (χ0v) is 19.0. The van der Waals surface area contributed by atoms with Gasteiger partial charge < -0.3 is 5.11 Å². The second-order valence-corrected chi connectivity index (χ2v) is 10.7. The first-order valence-electron chi connectivity index (χ1n) is 11.3. The lowest BCUT2D eigenvalue weighted by Crippen LogP contribution is -2.34. The van der Waals surface area contributed by atoms with Crippen LogP contribution in [0.3, 0.4) is 0 Å². The fourth-order valence-corrected chi connectivity index (χ4v) is 5.41. The van der Waals surface area contributed by atoms with E-state index >= 15 is 0 Å². The molecule has 158 valence electrons. The second kappa shape index (κ2) is 7.41. The Kier molecular flexibility index (Phi) is 5.16. The van der Waals surface area contributed by atoms with Crippen molar-refractivity contribution in [3.05, 3.63) is 75.4 Å². The molecule has 2 aromatic rings. The smallest absolute Gasteiger partial charge is 0.335 e. The molecule has 1 fully saturated rings. The Morgan fingerprint density at radius 3 is 2.20 bits per heavy atom.